The summed E-state index contributed by atoms with van der Waals surface area (Å²) in [6, 6.07) is 12.5. The molecule has 1 heterocycles. The van der Waals surface area contributed by atoms with Gasteiger partial charge in [0.05, 0.1) is 25.1 Å². The number of amides is 1. The van der Waals surface area contributed by atoms with Crippen LogP contribution >= 0.6 is 0 Å². The number of carboxylic acid groups (broad SMARTS) is 1. The molecule has 2 aliphatic rings. The topological polar surface area (TPSA) is 78.9 Å². The summed E-state index contributed by atoms with van der Waals surface area (Å²) in [5, 5.41) is 11.1. The molecule has 1 aliphatic carbocycles. The Kier molecular flexibility index (Phi) is 9.44. The average Bonchev–Trinajstić information content (AvgIpc) is 3.78. The fourth-order valence-electron chi connectivity index (χ4n) is 5.27. The van der Waals surface area contributed by atoms with Crippen molar-refractivity contribution in [1.29, 1.82) is 0 Å². The molecule has 0 spiro atoms. The van der Waals surface area contributed by atoms with Gasteiger partial charge in [0.25, 0.3) is 5.91 Å². The number of carbonyl (C=O) groups excluding carboxylic acids is 1. The monoisotopic (exact) mass is 582 g/mol. The minimum Gasteiger partial charge on any atom is -0.493 e. The number of carboxylic acids is 1. The summed E-state index contributed by atoms with van der Waals surface area (Å²) < 4.78 is 70.5. The molecule has 2 N–H and O–H groups in total. The van der Waals surface area contributed by atoms with Crippen molar-refractivity contribution >= 4 is 17.6 Å². The van der Waals surface area contributed by atoms with Crippen molar-refractivity contribution in [2.24, 2.45) is 11.8 Å². The van der Waals surface area contributed by atoms with Crippen LogP contribution in [0.25, 0.3) is 0 Å². The zero-order chi connectivity index (χ0) is 29.8. The number of hydrogen-bond acceptors (Lipinski definition) is 4. The molecule has 6 nitrogen and oxygen atoms in total. The van der Waals surface area contributed by atoms with Gasteiger partial charge < -0.3 is 20.1 Å². The lowest BCUT2D eigenvalue weighted by Crippen LogP contribution is -2.47. The van der Waals surface area contributed by atoms with Gasteiger partial charge in [0.15, 0.2) is 0 Å². The Hall–Kier alpha value is -3.37. The van der Waals surface area contributed by atoms with Crippen LogP contribution in [0, 0.1) is 11.8 Å². The number of nitrogens with one attached hydrogen (secondary N) is 1. The second-order valence-corrected chi connectivity index (χ2v) is 10.9. The minimum absolute atomic E-state index is 0.0238. The number of rotatable bonds is 12. The third-order valence-electron chi connectivity index (χ3n) is 7.91. The zero-order valence-electron chi connectivity index (χ0n) is 22.9. The number of ether oxygens (including phenoxy) is 1. The third kappa shape index (κ3) is 7.89. The molecule has 2 fully saturated rings. The second-order valence-electron chi connectivity index (χ2n) is 10.9. The maximum atomic E-state index is 13.4. The standard InChI is InChI=1S/C30H35F5N2O4/c1-2-19-6-9-24(28(40)36-18-29(31,32)30(33,34)35)26(14-19)37-12-10-20(11-13-37)17-41-23-5-3-4-22(15-23)25(16-27(38)39)21-7-8-21/h3-6,9,14-15,20-21,25H,2,7-8,10-13,16-18H2,1H3,(H,36,40)(H,38,39). The Morgan fingerprint density at radius 1 is 1.05 bits per heavy atom. The van der Waals surface area contributed by atoms with E-state index in [1.54, 1.807) is 17.4 Å². The highest BCUT2D eigenvalue weighted by atomic mass is 19.4. The Balaban J connectivity index is 1.36. The fraction of sp³-hybridized carbons (Fsp3) is 0.533. The summed E-state index contributed by atoms with van der Waals surface area (Å²) in [5.74, 6) is -5.56. The number of carbonyl (C=O) groups is 2. The Bertz CT molecular complexity index is 1220. The van der Waals surface area contributed by atoms with E-state index < -0.39 is 30.5 Å². The van der Waals surface area contributed by atoms with Crippen molar-refractivity contribution in [2.45, 2.75) is 63.5 Å². The molecule has 0 bridgehead atoms. The number of benzene rings is 2. The lowest BCUT2D eigenvalue weighted by molar-refractivity contribution is -0.278. The molecule has 0 aromatic heterocycles. The first-order valence-electron chi connectivity index (χ1n) is 13.9. The van der Waals surface area contributed by atoms with E-state index in [0.717, 1.165) is 36.8 Å². The maximum Gasteiger partial charge on any atom is 0.455 e. The van der Waals surface area contributed by atoms with Gasteiger partial charge in [0, 0.05) is 18.8 Å². The molecule has 11 heteroatoms. The van der Waals surface area contributed by atoms with Crippen LogP contribution in [-0.2, 0) is 11.2 Å². The molecule has 2 aromatic carbocycles. The molecule has 41 heavy (non-hydrogen) atoms. The number of piperidine rings is 1. The molecule has 1 amide bonds. The van der Waals surface area contributed by atoms with Crippen LogP contribution in [-0.4, -0.2) is 55.3 Å². The average molecular weight is 583 g/mol. The van der Waals surface area contributed by atoms with E-state index in [1.165, 1.54) is 6.07 Å². The molecule has 1 aliphatic heterocycles. The SMILES string of the molecule is CCc1ccc(C(=O)NCC(F)(F)C(F)(F)F)c(N2CCC(COc3cccc(C(CC(=O)O)C4CC4)c3)CC2)c1. The van der Waals surface area contributed by atoms with Crippen LogP contribution < -0.4 is 15.0 Å². The molecule has 1 saturated heterocycles. The molecule has 2 aromatic rings. The van der Waals surface area contributed by atoms with Gasteiger partial charge in [-0.25, -0.2) is 0 Å². The highest BCUT2D eigenvalue weighted by Gasteiger charge is 2.57. The van der Waals surface area contributed by atoms with Crippen LogP contribution in [0.3, 0.4) is 0 Å². The first-order valence-corrected chi connectivity index (χ1v) is 13.9. The first kappa shape index (κ1) is 30.6. The first-order chi connectivity index (χ1) is 19.4. The van der Waals surface area contributed by atoms with Gasteiger partial charge in [-0.05, 0) is 85.3 Å². The normalized spacial score (nSPS) is 17.3. The van der Waals surface area contributed by atoms with E-state index in [9.17, 15) is 36.6 Å². The number of hydrogen-bond donors (Lipinski definition) is 2. The molecule has 4 rings (SSSR count). The van der Waals surface area contributed by atoms with Gasteiger partial charge in [-0.2, -0.15) is 22.0 Å². The summed E-state index contributed by atoms with van der Waals surface area (Å²) in [5.41, 5.74) is 2.44. The number of nitrogens with zero attached hydrogens (tertiary/aromatic N) is 1. The fourth-order valence-corrected chi connectivity index (χ4v) is 5.27. The summed E-state index contributed by atoms with van der Waals surface area (Å²) in [6.45, 7) is 1.67. The predicted octanol–water partition coefficient (Wildman–Crippen LogP) is 6.44. The maximum absolute atomic E-state index is 13.4. The Morgan fingerprint density at radius 3 is 2.37 bits per heavy atom. The second kappa shape index (κ2) is 12.7. The number of aliphatic carboxylic acids is 1. The van der Waals surface area contributed by atoms with Gasteiger partial charge >= 0.3 is 18.1 Å². The minimum atomic E-state index is -5.75. The Morgan fingerprint density at radius 2 is 1.76 bits per heavy atom. The lowest BCUT2D eigenvalue weighted by atomic mass is 9.91. The van der Waals surface area contributed by atoms with Crippen molar-refractivity contribution in [2.75, 3.05) is 31.1 Å². The molecular formula is C30H35F5N2O4. The molecule has 1 saturated carbocycles. The predicted molar refractivity (Wildman–Crippen MR) is 144 cm³/mol. The molecule has 1 unspecified atom stereocenters. The van der Waals surface area contributed by atoms with Crippen LogP contribution in [0.2, 0.25) is 0 Å². The number of anilines is 1. The van der Waals surface area contributed by atoms with Crippen LogP contribution in [0.4, 0.5) is 27.6 Å². The van der Waals surface area contributed by atoms with E-state index in [4.69, 9.17) is 4.74 Å². The summed E-state index contributed by atoms with van der Waals surface area (Å²) in [7, 11) is 0. The van der Waals surface area contributed by atoms with E-state index in [1.807, 2.05) is 36.1 Å². The third-order valence-corrected chi connectivity index (χ3v) is 7.91. The van der Waals surface area contributed by atoms with Crippen LogP contribution in [0.15, 0.2) is 42.5 Å². The van der Waals surface area contributed by atoms with Crippen molar-refractivity contribution in [1.82, 2.24) is 5.32 Å². The van der Waals surface area contributed by atoms with Crippen molar-refractivity contribution < 1.29 is 41.4 Å². The van der Waals surface area contributed by atoms with Gasteiger partial charge in [0.1, 0.15) is 5.75 Å². The van der Waals surface area contributed by atoms with E-state index >= 15 is 0 Å². The van der Waals surface area contributed by atoms with Gasteiger partial charge in [-0.3, -0.25) is 9.59 Å². The van der Waals surface area contributed by atoms with Crippen molar-refractivity contribution in [3.63, 3.8) is 0 Å². The summed E-state index contributed by atoms with van der Waals surface area (Å²) in [4.78, 5) is 26.0. The van der Waals surface area contributed by atoms with Crippen LogP contribution in [0.1, 0.15) is 66.4 Å². The lowest BCUT2D eigenvalue weighted by Gasteiger charge is -2.35. The molecule has 1 atom stereocenters. The Labute approximate surface area is 235 Å². The molecule has 0 radical (unpaired) electrons. The highest BCUT2D eigenvalue weighted by Crippen LogP contribution is 2.45. The molecule has 224 valence electrons. The summed E-state index contributed by atoms with van der Waals surface area (Å²) in [6.07, 6.45) is -1.47. The van der Waals surface area contributed by atoms with E-state index in [0.29, 0.717) is 43.5 Å². The van der Waals surface area contributed by atoms with E-state index in [2.05, 4.69) is 0 Å². The zero-order valence-corrected chi connectivity index (χ0v) is 22.9. The molecular weight excluding hydrogens is 547 g/mol. The largest absolute Gasteiger partial charge is 0.493 e. The number of alkyl halides is 5. The highest BCUT2D eigenvalue weighted by molar-refractivity contribution is 6.00. The van der Waals surface area contributed by atoms with Crippen molar-refractivity contribution in [3.05, 3.63) is 59.2 Å². The number of halogens is 5. The van der Waals surface area contributed by atoms with Crippen molar-refractivity contribution in [3.8, 4) is 5.75 Å². The quantitative estimate of drug-likeness (QED) is 0.282. The van der Waals surface area contributed by atoms with E-state index in [-0.39, 0.29) is 23.8 Å². The van der Waals surface area contributed by atoms with Crippen LogP contribution in [0.5, 0.6) is 5.75 Å². The van der Waals surface area contributed by atoms with Gasteiger partial charge in [0.2, 0.25) is 0 Å². The number of aryl methyl sites for hydroxylation is 1. The van der Waals surface area contributed by atoms with Gasteiger partial charge in [-0.1, -0.05) is 25.1 Å². The smallest absolute Gasteiger partial charge is 0.455 e. The van der Waals surface area contributed by atoms with Gasteiger partial charge in [-0.15, -0.1) is 0 Å². The summed E-state index contributed by atoms with van der Waals surface area (Å²) >= 11 is 0.